The van der Waals surface area contributed by atoms with Crippen molar-refractivity contribution in [2.24, 2.45) is 5.92 Å². The predicted octanol–water partition coefficient (Wildman–Crippen LogP) is 3.15. The molecule has 6 heteroatoms. The van der Waals surface area contributed by atoms with Crippen LogP contribution < -0.4 is 5.32 Å². The number of hydrogen-bond donors (Lipinski definition) is 1. The molecule has 1 aromatic carbocycles. The van der Waals surface area contributed by atoms with Crippen LogP contribution in [0.2, 0.25) is 5.02 Å². The van der Waals surface area contributed by atoms with Crippen LogP contribution in [0.3, 0.4) is 0 Å². The van der Waals surface area contributed by atoms with Crippen molar-refractivity contribution in [2.45, 2.75) is 19.8 Å². The van der Waals surface area contributed by atoms with E-state index in [0.717, 1.165) is 12.8 Å². The van der Waals surface area contributed by atoms with Crippen molar-refractivity contribution in [1.82, 2.24) is 4.90 Å². The van der Waals surface area contributed by atoms with Gasteiger partial charge in [0.05, 0.1) is 12.5 Å². The second-order valence-corrected chi connectivity index (χ2v) is 5.42. The van der Waals surface area contributed by atoms with Crippen molar-refractivity contribution in [2.75, 3.05) is 25.0 Å². The molecule has 1 saturated heterocycles. The molecule has 114 valence electrons. The van der Waals surface area contributed by atoms with Gasteiger partial charge in [-0.25, -0.2) is 4.79 Å². The third kappa shape index (κ3) is 4.36. The second kappa shape index (κ2) is 7.31. The van der Waals surface area contributed by atoms with Gasteiger partial charge in [-0.2, -0.15) is 0 Å². The lowest BCUT2D eigenvalue weighted by Crippen LogP contribution is -2.44. The van der Waals surface area contributed by atoms with Crippen LogP contribution in [0.4, 0.5) is 10.5 Å². The highest BCUT2D eigenvalue weighted by molar-refractivity contribution is 6.30. The Kier molecular flexibility index (Phi) is 5.44. The number of nitrogens with zero attached hydrogens (tertiary/aromatic N) is 1. The van der Waals surface area contributed by atoms with E-state index < -0.39 is 0 Å². The van der Waals surface area contributed by atoms with Crippen LogP contribution in [0.15, 0.2) is 24.3 Å². The number of benzene rings is 1. The first-order valence-electron chi connectivity index (χ1n) is 7.08. The number of hydrogen-bond acceptors (Lipinski definition) is 3. The summed E-state index contributed by atoms with van der Waals surface area (Å²) in [4.78, 5) is 25.6. The van der Waals surface area contributed by atoms with Crippen LogP contribution in [-0.4, -0.2) is 36.6 Å². The maximum atomic E-state index is 12.3. The number of rotatable bonds is 3. The number of piperidine rings is 1. The van der Waals surface area contributed by atoms with Gasteiger partial charge in [0, 0.05) is 23.8 Å². The van der Waals surface area contributed by atoms with Gasteiger partial charge in [0.2, 0.25) is 5.91 Å². The van der Waals surface area contributed by atoms with Gasteiger partial charge in [-0.15, -0.1) is 0 Å². The Morgan fingerprint density at radius 3 is 3.00 bits per heavy atom. The van der Waals surface area contributed by atoms with Crippen LogP contribution in [0.1, 0.15) is 19.8 Å². The smallest absolute Gasteiger partial charge is 0.409 e. The summed E-state index contributed by atoms with van der Waals surface area (Å²) in [5.74, 6) is -0.312. The number of nitrogens with one attached hydrogen (secondary N) is 1. The molecule has 1 fully saturated rings. The normalized spacial score (nSPS) is 18.2. The molecule has 21 heavy (non-hydrogen) atoms. The molecule has 1 aliphatic rings. The van der Waals surface area contributed by atoms with Gasteiger partial charge in [0.25, 0.3) is 0 Å². The number of anilines is 1. The van der Waals surface area contributed by atoms with E-state index in [2.05, 4.69) is 5.32 Å². The first-order valence-corrected chi connectivity index (χ1v) is 7.46. The molecule has 1 aliphatic heterocycles. The van der Waals surface area contributed by atoms with Gasteiger partial charge in [-0.3, -0.25) is 4.79 Å². The minimum Gasteiger partial charge on any atom is -0.450 e. The average Bonchev–Trinajstić information content (AvgIpc) is 2.47. The molecule has 1 N–H and O–H groups in total. The lowest BCUT2D eigenvalue weighted by atomic mass is 9.97. The van der Waals surface area contributed by atoms with E-state index >= 15 is 0 Å². The molecule has 1 atom stereocenters. The summed E-state index contributed by atoms with van der Waals surface area (Å²) in [5, 5.41) is 3.42. The number of carbonyl (C=O) groups excluding carboxylic acids is 2. The largest absolute Gasteiger partial charge is 0.450 e. The molecular formula is C15H19ClN2O3. The van der Waals surface area contributed by atoms with E-state index in [9.17, 15) is 9.59 Å². The summed E-state index contributed by atoms with van der Waals surface area (Å²) in [6.07, 6.45) is 1.21. The van der Waals surface area contributed by atoms with E-state index in [0.29, 0.717) is 30.4 Å². The molecule has 5 nitrogen and oxygen atoms in total. The number of likely N-dealkylation sites (tertiary alicyclic amines) is 1. The lowest BCUT2D eigenvalue weighted by molar-refractivity contribution is -0.121. The monoisotopic (exact) mass is 310 g/mol. The molecule has 1 heterocycles. The SMILES string of the molecule is CCOC(=O)N1CCCC(C(=O)Nc2cccc(Cl)c2)C1. The Morgan fingerprint density at radius 1 is 1.48 bits per heavy atom. The van der Waals surface area contributed by atoms with Crippen molar-refractivity contribution in [1.29, 1.82) is 0 Å². The molecule has 0 spiro atoms. The third-order valence-electron chi connectivity index (χ3n) is 3.41. The van der Waals surface area contributed by atoms with E-state index in [4.69, 9.17) is 16.3 Å². The van der Waals surface area contributed by atoms with Crippen molar-refractivity contribution in [3.05, 3.63) is 29.3 Å². The molecule has 0 radical (unpaired) electrons. The number of ether oxygens (including phenoxy) is 1. The molecule has 1 aromatic rings. The minimum absolute atomic E-state index is 0.0914. The van der Waals surface area contributed by atoms with E-state index in [-0.39, 0.29) is 17.9 Å². The van der Waals surface area contributed by atoms with Gasteiger partial charge < -0.3 is 15.0 Å². The molecule has 0 bridgehead atoms. The highest BCUT2D eigenvalue weighted by atomic mass is 35.5. The Labute approximate surface area is 129 Å². The van der Waals surface area contributed by atoms with Crippen LogP contribution in [-0.2, 0) is 9.53 Å². The highest BCUT2D eigenvalue weighted by Crippen LogP contribution is 2.21. The van der Waals surface area contributed by atoms with Crippen molar-refractivity contribution >= 4 is 29.3 Å². The zero-order chi connectivity index (χ0) is 15.2. The summed E-state index contributed by atoms with van der Waals surface area (Å²) < 4.78 is 4.98. The van der Waals surface area contributed by atoms with Crippen LogP contribution in [0.25, 0.3) is 0 Å². The van der Waals surface area contributed by atoms with E-state index in [1.165, 1.54) is 0 Å². The minimum atomic E-state index is -0.349. The molecule has 0 aliphatic carbocycles. The molecule has 2 amide bonds. The van der Waals surface area contributed by atoms with Crippen LogP contribution in [0, 0.1) is 5.92 Å². The van der Waals surface area contributed by atoms with Crippen molar-refractivity contribution in [3.63, 3.8) is 0 Å². The van der Waals surface area contributed by atoms with Gasteiger partial charge in [0.15, 0.2) is 0 Å². The van der Waals surface area contributed by atoms with Crippen molar-refractivity contribution in [3.8, 4) is 0 Å². The van der Waals surface area contributed by atoms with Gasteiger partial charge in [-0.1, -0.05) is 17.7 Å². The van der Waals surface area contributed by atoms with Crippen LogP contribution in [0.5, 0.6) is 0 Å². The van der Waals surface area contributed by atoms with E-state index in [1.54, 1.807) is 36.1 Å². The molecule has 0 aromatic heterocycles. The number of carbonyl (C=O) groups is 2. The zero-order valence-electron chi connectivity index (χ0n) is 12.0. The molecule has 1 unspecified atom stereocenters. The zero-order valence-corrected chi connectivity index (χ0v) is 12.7. The van der Waals surface area contributed by atoms with Gasteiger partial charge in [-0.05, 0) is 38.0 Å². The molecule has 0 saturated carbocycles. The van der Waals surface area contributed by atoms with Crippen LogP contribution >= 0.6 is 11.6 Å². The van der Waals surface area contributed by atoms with E-state index in [1.807, 2.05) is 0 Å². The maximum Gasteiger partial charge on any atom is 0.409 e. The van der Waals surface area contributed by atoms with Gasteiger partial charge in [0.1, 0.15) is 0 Å². The number of halogens is 1. The summed E-state index contributed by atoms with van der Waals surface area (Å²) >= 11 is 5.89. The van der Waals surface area contributed by atoms with Crippen molar-refractivity contribution < 1.29 is 14.3 Å². The maximum absolute atomic E-state index is 12.3. The predicted molar refractivity (Wildman–Crippen MR) is 81.4 cm³/mol. The Bertz CT molecular complexity index is 521. The summed E-state index contributed by atoms with van der Waals surface area (Å²) in [6.45, 7) is 3.14. The standard InChI is InChI=1S/C15H19ClN2O3/c1-2-21-15(20)18-8-4-5-11(10-18)14(19)17-13-7-3-6-12(16)9-13/h3,6-7,9,11H,2,4-5,8,10H2,1H3,(H,17,19). The summed E-state index contributed by atoms with van der Waals surface area (Å²) in [7, 11) is 0. The van der Waals surface area contributed by atoms with Gasteiger partial charge >= 0.3 is 6.09 Å². The first kappa shape index (κ1) is 15.6. The summed E-state index contributed by atoms with van der Waals surface area (Å²) in [5.41, 5.74) is 0.667. The lowest BCUT2D eigenvalue weighted by Gasteiger charge is -2.31. The summed E-state index contributed by atoms with van der Waals surface area (Å²) in [6, 6.07) is 7.02. The Balaban J connectivity index is 1.94. The fourth-order valence-corrected chi connectivity index (χ4v) is 2.57. The quantitative estimate of drug-likeness (QED) is 0.933. The third-order valence-corrected chi connectivity index (χ3v) is 3.65. The fourth-order valence-electron chi connectivity index (χ4n) is 2.38. The highest BCUT2D eigenvalue weighted by Gasteiger charge is 2.29. The average molecular weight is 311 g/mol. The second-order valence-electron chi connectivity index (χ2n) is 4.98. The topological polar surface area (TPSA) is 58.6 Å². The fraction of sp³-hybridized carbons (Fsp3) is 0.467. The Morgan fingerprint density at radius 2 is 2.29 bits per heavy atom. The molecular weight excluding hydrogens is 292 g/mol. The molecule has 2 rings (SSSR count). The number of amides is 2. The Hall–Kier alpha value is -1.75. The first-order chi connectivity index (χ1) is 10.1.